The first-order chi connectivity index (χ1) is 15.8. The van der Waals surface area contributed by atoms with Crippen LogP contribution in [0, 0.1) is 19.8 Å². The van der Waals surface area contributed by atoms with Gasteiger partial charge in [0.25, 0.3) is 0 Å². The molecule has 2 aromatic heterocycles. The number of carbonyl (C=O) groups excluding carboxylic acids is 1. The Bertz CT molecular complexity index is 1230. The number of anilines is 1. The molecule has 1 saturated heterocycles. The summed E-state index contributed by atoms with van der Waals surface area (Å²) < 4.78 is 33.0. The number of aryl methyl sites for hydroxylation is 2. The number of rotatable bonds is 7. The molecule has 3 aromatic rings. The highest BCUT2D eigenvalue weighted by Gasteiger charge is 2.38. The highest BCUT2D eigenvalue weighted by atomic mass is 32.2. The van der Waals surface area contributed by atoms with E-state index in [1.54, 1.807) is 24.8 Å². The summed E-state index contributed by atoms with van der Waals surface area (Å²) in [5.74, 6) is -0.369. The topological polar surface area (TPSA) is 96.6 Å². The molecule has 1 aliphatic rings. The lowest BCUT2D eigenvalue weighted by Gasteiger charge is -2.33. The maximum atomic E-state index is 13.5. The summed E-state index contributed by atoms with van der Waals surface area (Å²) in [5.41, 5.74) is 2.09. The van der Waals surface area contributed by atoms with E-state index < -0.39 is 15.9 Å². The third kappa shape index (κ3) is 4.64. The number of benzene rings is 1. The first-order valence-corrected chi connectivity index (χ1v) is 13.0. The van der Waals surface area contributed by atoms with Gasteiger partial charge < -0.3 is 4.52 Å². The third-order valence-corrected chi connectivity index (χ3v) is 8.64. The standard InChI is InChI=1S/C23H26N4O4S2/c1-4-12-27(23-24-20(15-32-23)18-9-6-5-7-10-18)22(28)19-11-8-13-26(14-19)33(29,30)21-16(2)25-31-17(21)3/h4-7,9-10,15,19H,1,8,11-14H2,2-3H3. The SMILES string of the molecule is C=CCN(C(=O)C1CCCN(S(=O)(=O)c2c(C)noc2C)C1)c1nc(-c2ccccc2)cs1. The zero-order valence-corrected chi connectivity index (χ0v) is 20.2. The smallest absolute Gasteiger partial charge is 0.248 e. The van der Waals surface area contributed by atoms with E-state index in [0.717, 1.165) is 11.3 Å². The highest BCUT2D eigenvalue weighted by Crippen LogP contribution is 2.32. The second-order valence-electron chi connectivity index (χ2n) is 7.97. The van der Waals surface area contributed by atoms with Gasteiger partial charge in [0, 0.05) is 30.6 Å². The number of hydrogen-bond acceptors (Lipinski definition) is 7. The number of hydrogen-bond donors (Lipinski definition) is 0. The Morgan fingerprint density at radius 3 is 2.76 bits per heavy atom. The molecule has 33 heavy (non-hydrogen) atoms. The van der Waals surface area contributed by atoms with Crippen molar-refractivity contribution in [3.8, 4) is 11.3 Å². The van der Waals surface area contributed by atoms with Gasteiger partial charge in [-0.05, 0) is 26.7 Å². The molecule has 1 aliphatic heterocycles. The van der Waals surface area contributed by atoms with Gasteiger partial charge in [-0.1, -0.05) is 41.6 Å². The predicted molar refractivity (Wildman–Crippen MR) is 128 cm³/mol. The van der Waals surface area contributed by atoms with E-state index in [4.69, 9.17) is 4.52 Å². The van der Waals surface area contributed by atoms with Crippen molar-refractivity contribution in [1.82, 2.24) is 14.4 Å². The van der Waals surface area contributed by atoms with Gasteiger partial charge in [0.1, 0.15) is 10.6 Å². The molecule has 1 atom stereocenters. The minimum absolute atomic E-state index is 0.0889. The van der Waals surface area contributed by atoms with Gasteiger partial charge in [-0.3, -0.25) is 9.69 Å². The van der Waals surface area contributed by atoms with Crippen LogP contribution in [-0.4, -0.2) is 48.4 Å². The summed E-state index contributed by atoms with van der Waals surface area (Å²) in [7, 11) is -3.81. The van der Waals surface area contributed by atoms with Crippen LogP contribution in [0.25, 0.3) is 11.3 Å². The van der Waals surface area contributed by atoms with Crippen LogP contribution < -0.4 is 4.90 Å². The van der Waals surface area contributed by atoms with Crippen LogP contribution in [0.3, 0.4) is 0 Å². The highest BCUT2D eigenvalue weighted by molar-refractivity contribution is 7.89. The van der Waals surface area contributed by atoms with E-state index in [1.807, 2.05) is 35.7 Å². The maximum absolute atomic E-state index is 13.5. The molecule has 0 radical (unpaired) electrons. The van der Waals surface area contributed by atoms with Crippen molar-refractivity contribution in [1.29, 1.82) is 0 Å². The average molecular weight is 487 g/mol. The molecule has 1 aromatic carbocycles. The minimum atomic E-state index is -3.81. The van der Waals surface area contributed by atoms with E-state index in [9.17, 15) is 13.2 Å². The van der Waals surface area contributed by atoms with Crippen molar-refractivity contribution < 1.29 is 17.7 Å². The number of piperidine rings is 1. The first-order valence-electron chi connectivity index (χ1n) is 10.7. The van der Waals surface area contributed by atoms with Gasteiger partial charge in [0.05, 0.1) is 11.6 Å². The molecule has 4 rings (SSSR count). The molecule has 0 saturated carbocycles. The Hall–Kier alpha value is -2.82. The van der Waals surface area contributed by atoms with E-state index in [2.05, 4.69) is 16.7 Å². The molecule has 0 spiro atoms. The monoisotopic (exact) mass is 486 g/mol. The molecule has 0 bridgehead atoms. The summed E-state index contributed by atoms with van der Waals surface area (Å²) in [6, 6.07) is 9.76. The fourth-order valence-electron chi connectivity index (χ4n) is 4.08. The Morgan fingerprint density at radius 2 is 2.09 bits per heavy atom. The molecular weight excluding hydrogens is 460 g/mol. The van der Waals surface area contributed by atoms with Gasteiger partial charge in [-0.15, -0.1) is 17.9 Å². The fraction of sp³-hybridized carbons (Fsp3) is 0.348. The zero-order chi connectivity index (χ0) is 23.6. The minimum Gasteiger partial charge on any atom is -0.360 e. The Labute approximate surface area is 197 Å². The fourth-order valence-corrected chi connectivity index (χ4v) is 6.74. The molecule has 8 nitrogen and oxygen atoms in total. The molecule has 0 N–H and O–H groups in total. The zero-order valence-electron chi connectivity index (χ0n) is 18.6. The molecular formula is C23H26N4O4S2. The Morgan fingerprint density at radius 1 is 1.33 bits per heavy atom. The van der Waals surface area contributed by atoms with Crippen molar-refractivity contribution in [3.63, 3.8) is 0 Å². The molecule has 1 amide bonds. The van der Waals surface area contributed by atoms with Gasteiger partial charge >= 0.3 is 0 Å². The lowest BCUT2D eigenvalue weighted by atomic mass is 9.98. The summed E-state index contributed by atoms with van der Waals surface area (Å²) in [5, 5.41) is 6.27. The number of nitrogens with zero attached hydrogens (tertiary/aromatic N) is 4. The van der Waals surface area contributed by atoms with Crippen molar-refractivity contribution in [3.05, 3.63) is 59.8 Å². The van der Waals surface area contributed by atoms with Gasteiger partial charge in [0.15, 0.2) is 10.9 Å². The summed E-state index contributed by atoms with van der Waals surface area (Å²) in [6.45, 7) is 7.73. The average Bonchev–Trinajstić information content (AvgIpc) is 3.44. The molecule has 1 fully saturated rings. The molecule has 0 aliphatic carbocycles. The molecule has 10 heteroatoms. The molecule has 3 heterocycles. The molecule has 1 unspecified atom stereocenters. The largest absolute Gasteiger partial charge is 0.360 e. The number of amides is 1. The van der Waals surface area contributed by atoms with Crippen LogP contribution in [0.15, 0.2) is 57.8 Å². The maximum Gasteiger partial charge on any atom is 0.248 e. The van der Waals surface area contributed by atoms with E-state index in [-0.39, 0.29) is 23.1 Å². The normalized spacial score (nSPS) is 17.1. The van der Waals surface area contributed by atoms with Gasteiger partial charge in [-0.2, -0.15) is 4.31 Å². The second kappa shape index (κ2) is 9.58. The van der Waals surface area contributed by atoms with E-state index >= 15 is 0 Å². The lowest BCUT2D eigenvalue weighted by molar-refractivity contribution is -0.123. The van der Waals surface area contributed by atoms with Crippen molar-refractivity contribution in [2.24, 2.45) is 5.92 Å². The lowest BCUT2D eigenvalue weighted by Crippen LogP contribution is -2.47. The van der Waals surface area contributed by atoms with Crippen molar-refractivity contribution in [2.75, 3.05) is 24.5 Å². The predicted octanol–water partition coefficient (Wildman–Crippen LogP) is 4.03. The van der Waals surface area contributed by atoms with Crippen LogP contribution in [-0.2, 0) is 14.8 Å². The quantitative estimate of drug-likeness (QED) is 0.468. The van der Waals surface area contributed by atoms with Crippen molar-refractivity contribution >= 4 is 32.4 Å². The first kappa shape index (κ1) is 23.3. The van der Waals surface area contributed by atoms with Gasteiger partial charge in [-0.25, -0.2) is 13.4 Å². The number of carbonyl (C=O) groups is 1. The van der Waals surface area contributed by atoms with Crippen LogP contribution in [0.1, 0.15) is 24.3 Å². The number of sulfonamides is 1. The Balaban J connectivity index is 1.57. The van der Waals surface area contributed by atoms with Crippen LogP contribution >= 0.6 is 11.3 Å². The third-order valence-electron chi connectivity index (χ3n) is 5.67. The number of aromatic nitrogens is 2. The van der Waals surface area contributed by atoms with E-state index in [0.29, 0.717) is 36.8 Å². The van der Waals surface area contributed by atoms with Crippen LogP contribution in [0.4, 0.5) is 5.13 Å². The molecule has 174 valence electrons. The summed E-state index contributed by atoms with van der Waals surface area (Å²) in [6.07, 6.45) is 2.85. The second-order valence-corrected chi connectivity index (χ2v) is 10.7. The van der Waals surface area contributed by atoms with Crippen LogP contribution in [0.5, 0.6) is 0 Å². The number of thiazole rings is 1. The van der Waals surface area contributed by atoms with E-state index in [1.165, 1.54) is 15.6 Å². The van der Waals surface area contributed by atoms with Crippen molar-refractivity contribution in [2.45, 2.75) is 31.6 Å². The summed E-state index contributed by atoms with van der Waals surface area (Å²) in [4.78, 5) is 19.9. The van der Waals surface area contributed by atoms with Crippen LogP contribution in [0.2, 0.25) is 0 Å². The summed E-state index contributed by atoms with van der Waals surface area (Å²) >= 11 is 1.39. The van der Waals surface area contributed by atoms with Gasteiger partial charge in [0.2, 0.25) is 15.9 Å². The Kier molecular flexibility index (Phi) is 6.78.